The van der Waals surface area contributed by atoms with Crippen LogP contribution in [0.15, 0.2) is 54.6 Å². The summed E-state index contributed by atoms with van der Waals surface area (Å²) in [6, 6.07) is 16.3. The van der Waals surface area contributed by atoms with Gasteiger partial charge in [0.25, 0.3) is 0 Å². The van der Waals surface area contributed by atoms with Gasteiger partial charge >= 0.3 is 0 Å². The summed E-state index contributed by atoms with van der Waals surface area (Å²) in [5, 5.41) is 3.93. The van der Waals surface area contributed by atoms with E-state index in [0.29, 0.717) is 51.8 Å². The average molecular weight is 490 g/mol. The number of methoxy groups -OCH3 is 3. The maximum atomic E-state index is 12.5. The number of carbonyl (C=O) groups excluding carboxylic acids is 1. The Labute approximate surface area is 203 Å². The Hall–Kier alpha value is -3.09. The molecular weight excluding hydrogens is 465 g/mol. The predicted molar refractivity (Wildman–Crippen MR) is 130 cm³/mol. The molecule has 0 radical (unpaired) electrons. The zero-order chi connectivity index (χ0) is 23.8. The molecule has 0 aliphatic heterocycles. The molecule has 0 atom stereocenters. The van der Waals surface area contributed by atoms with Crippen molar-refractivity contribution >= 4 is 34.8 Å². The Bertz CT molecular complexity index is 1100. The van der Waals surface area contributed by atoms with Gasteiger partial charge in [-0.2, -0.15) is 0 Å². The quantitative estimate of drug-likeness (QED) is 0.368. The Morgan fingerprint density at radius 3 is 2.12 bits per heavy atom. The van der Waals surface area contributed by atoms with Gasteiger partial charge in [-0.25, -0.2) is 0 Å². The number of halogens is 2. The summed E-state index contributed by atoms with van der Waals surface area (Å²) < 4.78 is 21.9. The molecule has 8 heteroatoms. The Morgan fingerprint density at radius 1 is 0.788 bits per heavy atom. The predicted octanol–water partition coefficient (Wildman–Crippen LogP) is 6.17. The second-order valence-electron chi connectivity index (χ2n) is 7.14. The fourth-order valence-corrected chi connectivity index (χ4v) is 3.51. The molecule has 0 aliphatic rings. The summed E-state index contributed by atoms with van der Waals surface area (Å²) in [6.45, 7) is 0.391. The van der Waals surface area contributed by atoms with E-state index in [-0.39, 0.29) is 12.3 Å². The van der Waals surface area contributed by atoms with Crippen LogP contribution in [0.1, 0.15) is 17.5 Å². The first-order valence-corrected chi connectivity index (χ1v) is 10.9. The fourth-order valence-electron chi connectivity index (χ4n) is 3.16. The van der Waals surface area contributed by atoms with Crippen molar-refractivity contribution in [3.8, 4) is 23.0 Å². The van der Waals surface area contributed by atoms with Crippen LogP contribution in [0.2, 0.25) is 10.0 Å². The SMILES string of the molecule is COc1cc(NC(=O)CCc2ccc(OCc3ccc(Cl)cc3)c(OC)c2)c(OC)cc1Cl. The van der Waals surface area contributed by atoms with E-state index in [1.54, 1.807) is 19.2 Å². The van der Waals surface area contributed by atoms with Crippen LogP contribution in [0.5, 0.6) is 23.0 Å². The van der Waals surface area contributed by atoms with Crippen LogP contribution >= 0.6 is 23.2 Å². The highest BCUT2D eigenvalue weighted by Gasteiger charge is 2.13. The van der Waals surface area contributed by atoms with Crippen LogP contribution in [0.4, 0.5) is 5.69 Å². The molecule has 0 aliphatic carbocycles. The van der Waals surface area contributed by atoms with Crippen LogP contribution in [-0.4, -0.2) is 27.2 Å². The van der Waals surface area contributed by atoms with E-state index >= 15 is 0 Å². The molecular formula is C25H25Cl2NO5. The smallest absolute Gasteiger partial charge is 0.224 e. The Kier molecular flexibility index (Phi) is 8.69. The van der Waals surface area contributed by atoms with Crippen LogP contribution in [0, 0.1) is 0 Å². The zero-order valence-electron chi connectivity index (χ0n) is 18.6. The highest BCUT2D eigenvalue weighted by Crippen LogP contribution is 2.36. The van der Waals surface area contributed by atoms with Gasteiger partial charge in [0.15, 0.2) is 11.5 Å². The minimum Gasteiger partial charge on any atom is -0.495 e. The van der Waals surface area contributed by atoms with Gasteiger partial charge < -0.3 is 24.3 Å². The van der Waals surface area contributed by atoms with Crippen molar-refractivity contribution < 1.29 is 23.7 Å². The van der Waals surface area contributed by atoms with Gasteiger partial charge in [-0.05, 0) is 41.8 Å². The van der Waals surface area contributed by atoms with Crippen molar-refractivity contribution in [3.05, 3.63) is 75.8 Å². The molecule has 0 aromatic heterocycles. The third kappa shape index (κ3) is 6.70. The minimum absolute atomic E-state index is 0.167. The third-order valence-electron chi connectivity index (χ3n) is 4.92. The Morgan fingerprint density at radius 2 is 1.45 bits per heavy atom. The molecule has 1 amide bonds. The first kappa shape index (κ1) is 24.6. The van der Waals surface area contributed by atoms with E-state index in [1.165, 1.54) is 14.2 Å². The molecule has 0 saturated carbocycles. The molecule has 6 nitrogen and oxygen atoms in total. The third-order valence-corrected chi connectivity index (χ3v) is 5.47. The molecule has 3 aromatic rings. The van der Waals surface area contributed by atoms with Crippen molar-refractivity contribution in [1.29, 1.82) is 0 Å². The number of amides is 1. The van der Waals surface area contributed by atoms with Gasteiger partial charge in [0.2, 0.25) is 5.91 Å². The summed E-state index contributed by atoms with van der Waals surface area (Å²) in [4.78, 5) is 12.5. The number of benzene rings is 3. The molecule has 0 saturated heterocycles. The molecule has 0 unspecified atom stereocenters. The molecule has 33 heavy (non-hydrogen) atoms. The van der Waals surface area contributed by atoms with Gasteiger partial charge in [0.1, 0.15) is 18.1 Å². The molecule has 1 N–H and O–H groups in total. The van der Waals surface area contributed by atoms with Crippen LogP contribution in [0.25, 0.3) is 0 Å². The molecule has 0 heterocycles. The second kappa shape index (κ2) is 11.7. The average Bonchev–Trinajstić information content (AvgIpc) is 2.83. The molecule has 174 valence electrons. The summed E-state index contributed by atoms with van der Waals surface area (Å²) in [5.74, 6) is 1.97. The maximum Gasteiger partial charge on any atom is 0.224 e. The fraction of sp³-hybridized carbons (Fsp3) is 0.240. The number of hydrogen-bond donors (Lipinski definition) is 1. The minimum atomic E-state index is -0.167. The van der Waals surface area contributed by atoms with Crippen molar-refractivity contribution in [3.63, 3.8) is 0 Å². The first-order chi connectivity index (χ1) is 15.9. The number of nitrogens with one attached hydrogen (secondary N) is 1. The van der Waals surface area contributed by atoms with E-state index in [2.05, 4.69) is 5.32 Å². The van der Waals surface area contributed by atoms with Gasteiger partial charge in [-0.3, -0.25) is 4.79 Å². The number of rotatable bonds is 10. The second-order valence-corrected chi connectivity index (χ2v) is 7.98. The van der Waals surface area contributed by atoms with Crippen LogP contribution < -0.4 is 24.3 Å². The topological polar surface area (TPSA) is 66.0 Å². The molecule has 3 rings (SSSR count). The van der Waals surface area contributed by atoms with E-state index in [9.17, 15) is 4.79 Å². The van der Waals surface area contributed by atoms with Crippen molar-refractivity contribution in [2.75, 3.05) is 26.6 Å². The van der Waals surface area contributed by atoms with E-state index in [4.69, 9.17) is 42.1 Å². The standard InChI is InChI=1S/C25H25Cl2NO5/c1-30-22-14-20(23(31-2)13-19(22)27)28-25(29)11-7-16-6-10-21(24(12-16)32-3)33-15-17-4-8-18(26)9-5-17/h4-6,8-10,12-14H,7,11,15H2,1-3H3,(H,28,29). The normalized spacial score (nSPS) is 10.5. The van der Waals surface area contributed by atoms with E-state index in [1.807, 2.05) is 42.5 Å². The number of hydrogen-bond acceptors (Lipinski definition) is 5. The van der Waals surface area contributed by atoms with Gasteiger partial charge in [0, 0.05) is 23.6 Å². The summed E-state index contributed by atoms with van der Waals surface area (Å²) in [7, 11) is 4.60. The van der Waals surface area contributed by atoms with Gasteiger partial charge in [-0.15, -0.1) is 0 Å². The van der Waals surface area contributed by atoms with Crippen LogP contribution in [0.3, 0.4) is 0 Å². The van der Waals surface area contributed by atoms with Gasteiger partial charge in [0.05, 0.1) is 32.0 Å². The first-order valence-electron chi connectivity index (χ1n) is 10.2. The van der Waals surface area contributed by atoms with Gasteiger partial charge in [-0.1, -0.05) is 41.4 Å². The summed E-state index contributed by atoms with van der Waals surface area (Å²) >= 11 is 12.0. The lowest BCUT2D eigenvalue weighted by Gasteiger charge is -2.14. The van der Waals surface area contributed by atoms with Crippen molar-refractivity contribution in [2.45, 2.75) is 19.4 Å². The Balaban J connectivity index is 1.61. The zero-order valence-corrected chi connectivity index (χ0v) is 20.1. The molecule has 0 fully saturated rings. The lowest BCUT2D eigenvalue weighted by molar-refractivity contribution is -0.116. The molecule has 3 aromatic carbocycles. The lowest BCUT2D eigenvalue weighted by atomic mass is 10.1. The number of aryl methyl sites for hydroxylation is 1. The highest BCUT2D eigenvalue weighted by molar-refractivity contribution is 6.32. The van der Waals surface area contributed by atoms with E-state index < -0.39 is 0 Å². The maximum absolute atomic E-state index is 12.5. The van der Waals surface area contributed by atoms with Crippen LogP contribution in [-0.2, 0) is 17.8 Å². The van der Waals surface area contributed by atoms with Crippen molar-refractivity contribution in [2.24, 2.45) is 0 Å². The number of ether oxygens (including phenoxy) is 4. The largest absolute Gasteiger partial charge is 0.495 e. The molecule has 0 spiro atoms. The van der Waals surface area contributed by atoms with E-state index in [0.717, 1.165) is 11.1 Å². The lowest BCUT2D eigenvalue weighted by Crippen LogP contribution is -2.13. The molecule has 0 bridgehead atoms. The van der Waals surface area contributed by atoms with Crippen molar-refractivity contribution in [1.82, 2.24) is 0 Å². The summed E-state index contributed by atoms with van der Waals surface area (Å²) in [5.41, 5.74) is 2.44. The highest BCUT2D eigenvalue weighted by atomic mass is 35.5. The monoisotopic (exact) mass is 489 g/mol. The number of carbonyl (C=O) groups is 1. The number of anilines is 1. The summed E-state index contributed by atoms with van der Waals surface area (Å²) in [6.07, 6.45) is 0.787.